The molecule has 0 saturated heterocycles. The summed E-state index contributed by atoms with van der Waals surface area (Å²) < 4.78 is 0. The molecule has 1 heterocycles. The number of hydrogen-bond acceptors (Lipinski definition) is 2. The van der Waals surface area contributed by atoms with Gasteiger partial charge in [0.25, 0.3) is 0 Å². The molecule has 0 aliphatic carbocycles. The molecule has 0 bridgehead atoms. The van der Waals surface area contributed by atoms with Gasteiger partial charge in [0.05, 0.1) is 17.3 Å². The van der Waals surface area contributed by atoms with Gasteiger partial charge in [-0.1, -0.05) is 0 Å². The number of thiophene rings is 1. The summed E-state index contributed by atoms with van der Waals surface area (Å²) in [4.78, 5) is 11.7. The molecular weight excluding hydrogens is 230 g/mol. The third-order valence-electron chi connectivity index (χ3n) is 2.40. The van der Waals surface area contributed by atoms with E-state index in [-0.39, 0.29) is 16.8 Å². The Morgan fingerprint density at radius 3 is 2.80 bits per heavy atom. The van der Waals surface area contributed by atoms with Gasteiger partial charge in [-0.2, -0.15) is 11.3 Å². The predicted octanol–water partition coefficient (Wildman–Crippen LogP) is 2.81. The van der Waals surface area contributed by atoms with Gasteiger partial charge in [-0.3, -0.25) is 4.79 Å². The maximum absolute atomic E-state index is 11.7. The van der Waals surface area contributed by atoms with Crippen molar-refractivity contribution in [1.29, 1.82) is 0 Å². The zero-order valence-electron chi connectivity index (χ0n) is 9.21. The van der Waals surface area contributed by atoms with Crippen LogP contribution in [0, 0.1) is 0 Å². The fraction of sp³-hybridized carbons (Fsp3) is 0.545. The van der Waals surface area contributed by atoms with Crippen LogP contribution in [0.4, 0.5) is 0 Å². The summed E-state index contributed by atoms with van der Waals surface area (Å²) >= 11 is 7.58. The van der Waals surface area contributed by atoms with Crippen molar-refractivity contribution in [1.82, 2.24) is 5.32 Å². The number of nitrogens with one attached hydrogen (secondary N) is 1. The minimum absolute atomic E-state index is 0.0194. The summed E-state index contributed by atoms with van der Waals surface area (Å²) in [5.74, 6) is 0.0194. The van der Waals surface area contributed by atoms with Crippen molar-refractivity contribution in [3.8, 4) is 0 Å². The molecule has 84 valence electrons. The Bertz CT molecular complexity index is 319. The van der Waals surface area contributed by atoms with Gasteiger partial charge in [-0.05, 0) is 43.2 Å². The van der Waals surface area contributed by atoms with Gasteiger partial charge >= 0.3 is 0 Å². The first-order chi connectivity index (χ1) is 6.92. The first-order valence-corrected chi connectivity index (χ1v) is 6.26. The third kappa shape index (κ3) is 3.84. The molecular formula is C11H16ClNOS. The van der Waals surface area contributed by atoms with E-state index >= 15 is 0 Å². The van der Waals surface area contributed by atoms with Gasteiger partial charge < -0.3 is 5.32 Å². The Hall–Kier alpha value is -0.540. The minimum Gasteiger partial charge on any atom is -0.349 e. The average molecular weight is 246 g/mol. The van der Waals surface area contributed by atoms with Crippen LogP contribution in [0.15, 0.2) is 16.8 Å². The fourth-order valence-corrected chi connectivity index (χ4v) is 1.80. The number of rotatable bonds is 4. The molecule has 1 aromatic heterocycles. The molecule has 0 aromatic carbocycles. The number of carbonyl (C=O) groups is 1. The second kappa shape index (κ2) is 4.99. The largest absolute Gasteiger partial charge is 0.349 e. The van der Waals surface area contributed by atoms with Crippen LogP contribution in [0.25, 0.3) is 0 Å². The fourth-order valence-electron chi connectivity index (χ4n) is 1.08. The standard InChI is InChI=1S/C11H16ClNOS/c1-8(12)11(2,3)13-10(14)6-9-4-5-15-7-9/h4-5,7-8H,6H2,1-3H3,(H,13,14). The van der Waals surface area contributed by atoms with E-state index in [1.54, 1.807) is 11.3 Å². The molecule has 0 spiro atoms. The first kappa shape index (κ1) is 12.5. The Balaban J connectivity index is 2.50. The summed E-state index contributed by atoms with van der Waals surface area (Å²) in [6, 6.07) is 1.96. The van der Waals surface area contributed by atoms with Crippen molar-refractivity contribution >= 4 is 28.8 Å². The van der Waals surface area contributed by atoms with Crippen LogP contribution in [-0.2, 0) is 11.2 Å². The summed E-state index contributed by atoms with van der Waals surface area (Å²) in [6.07, 6.45) is 0.427. The zero-order chi connectivity index (χ0) is 11.5. The van der Waals surface area contributed by atoms with Crippen LogP contribution in [0.2, 0.25) is 0 Å². The van der Waals surface area contributed by atoms with E-state index in [1.165, 1.54) is 0 Å². The summed E-state index contributed by atoms with van der Waals surface area (Å²) in [6.45, 7) is 5.73. The topological polar surface area (TPSA) is 29.1 Å². The number of amides is 1. The van der Waals surface area contributed by atoms with E-state index in [9.17, 15) is 4.79 Å². The Kier molecular flexibility index (Phi) is 4.17. The molecule has 1 aromatic rings. The van der Waals surface area contributed by atoms with Crippen molar-refractivity contribution in [3.63, 3.8) is 0 Å². The lowest BCUT2D eigenvalue weighted by atomic mass is 10.0. The van der Waals surface area contributed by atoms with E-state index in [4.69, 9.17) is 11.6 Å². The Morgan fingerprint density at radius 1 is 1.67 bits per heavy atom. The lowest BCUT2D eigenvalue weighted by molar-refractivity contribution is -0.122. The quantitative estimate of drug-likeness (QED) is 0.813. The highest BCUT2D eigenvalue weighted by Crippen LogP contribution is 2.15. The van der Waals surface area contributed by atoms with Crippen molar-refractivity contribution in [2.75, 3.05) is 0 Å². The van der Waals surface area contributed by atoms with Gasteiger partial charge in [0.1, 0.15) is 0 Å². The number of alkyl halides is 1. The van der Waals surface area contributed by atoms with Gasteiger partial charge in [0.15, 0.2) is 0 Å². The molecule has 0 aliphatic rings. The number of hydrogen-bond donors (Lipinski definition) is 1. The molecule has 1 amide bonds. The van der Waals surface area contributed by atoms with Crippen LogP contribution in [-0.4, -0.2) is 16.8 Å². The van der Waals surface area contributed by atoms with Crippen molar-refractivity contribution in [3.05, 3.63) is 22.4 Å². The molecule has 2 nitrogen and oxygen atoms in total. The van der Waals surface area contributed by atoms with E-state index in [0.29, 0.717) is 6.42 Å². The molecule has 0 saturated carbocycles. The normalized spacial score (nSPS) is 13.6. The van der Waals surface area contributed by atoms with Gasteiger partial charge in [0, 0.05) is 0 Å². The Morgan fingerprint density at radius 2 is 2.33 bits per heavy atom. The third-order valence-corrected chi connectivity index (χ3v) is 3.68. The molecule has 0 aliphatic heterocycles. The maximum Gasteiger partial charge on any atom is 0.224 e. The van der Waals surface area contributed by atoms with E-state index in [1.807, 2.05) is 37.6 Å². The SMILES string of the molecule is CC(Cl)C(C)(C)NC(=O)Cc1ccsc1. The van der Waals surface area contributed by atoms with Gasteiger partial charge in [0.2, 0.25) is 5.91 Å². The molecule has 1 atom stereocenters. The molecule has 1 unspecified atom stereocenters. The summed E-state index contributed by atoms with van der Waals surface area (Å²) in [5, 5.41) is 6.79. The highest BCUT2D eigenvalue weighted by molar-refractivity contribution is 7.07. The smallest absolute Gasteiger partial charge is 0.224 e. The van der Waals surface area contributed by atoms with Crippen LogP contribution in [0.3, 0.4) is 0 Å². The van der Waals surface area contributed by atoms with E-state index in [2.05, 4.69) is 5.32 Å². The van der Waals surface area contributed by atoms with Crippen molar-refractivity contribution in [2.24, 2.45) is 0 Å². The van der Waals surface area contributed by atoms with Gasteiger partial charge in [-0.25, -0.2) is 0 Å². The van der Waals surface area contributed by atoms with Crippen LogP contribution >= 0.6 is 22.9 Å². The first-order valence-electron chi connectivity index (χ1n) is 4.88. The molecule has 15 heavy (non-hydrogen) atoms. The average Bonchev–Trinajstić information content (AvgIpc) is 2.54. The lowest BCUT2D eigenvalue weighted by Crippen LogP contribution is -2.49. The number of carbonyl (C=O) groups excluding carboxylic acids is 1. The molecule has 1 rings (SSSR count). The van der Waals surface area contributed by atoms with Crippen LogP contribution in [0.5, 0.6) is 0 Å². The van der Waals surface area contributed by atoms with Crippen LogP contribution < -0.4 is 5.32 Å². The van der Waals surface area contributed by atoms with E-state index in [0.717, 1.165) is 5.56 Å². The van der Waals surface area contributed by atoms with Crippen molar-refractivity contribution in [2.45, 2.75) is 38.1 Å². The monoisotopic (exact) mass is 245 g/mol. The molecule has 0 fully saturated rings. The molecule has 0 radical (unpaired) electrons. The zero-order valence-corrected chi connectivity index (χ0v) is 10.8. The second-order valence-electron chi connectivity index (χ2n) is 4.19. The van der Waals surface area contributed by atoms with E-state index < -0.39 is 0 Å². The molecule has 4 heteroatoms. The highest BCUT2D eigenvalue weighted by atomic mass is 35.5. The summed E-state index contributed by atoms with van der Waals surface area (Å²) in [7, 11) is 0. The second-order valence-corrected chi connectivity index (χ2v) is 5.63. The summed E-state index contributed by atoms with van der Waals surface area (Å²) in [5.41, 5.74) is 0.685. The number of halogens is 1. The highest BCUT2D eigenvalue weighted by Gasteiger charge is 2.25. The molecule has 1 N–H and O–H groups in total. The Labute approximate surface area is 99.6 Å². The lowest BCUT2D eigenvalue weighted by Gasteiger charge is -2.28. The minimum atomic E-state index is -0.366. The maximum atomic E-state index is 11.7. The predicted molar refractivity (Wildman–Crippen MR) is 65.6 cm³/mol. The van der Waals surface area contributed by atoms with Gasteiger partial charge in [-0.15, -0.1) is 11.6 Å². The van der Waals surface area contributed by atoms with Crippen LogP contribution in [0.1, 0.15) is 26.3 Å². The van der Waals surface area contributed by atoms with Crippen molar-refractivity contribution < 1.29 is 4.79 Å².